The number of hydrogen-bond acceptors (Lipinski definition) is 8. The first kappa shape index (κ1) is 28.1. The lowest BCUT2D eigenvalue weighted by Gasteiger charge is -2.42. The van der Waals surface area contributed by atoms with Gasteiger partial charge in [0.2, 0.25) is 5.75 Å². The number of ether oxygens (including phenoxy) is 1. The molecule has 2 bridgehead atoms. The summed E-state index contributed by atoms with van der Waals surface area (Å²) in [6, 6.07) is 4.49. The maximum Gasteiger partial charge on any atom is 0.311 e. The highest BCUT2D eigenvalue weighted by molar-refractivity contribution is 6.35. The van der Waals surface area contributed by atoms with Crippen molar-refractivity contribution < 1.29 is 23.5 Å². The highest BCUT2D eigenvalue weighted by atomic mass is 19.1. The highest BCUT2D eigenvalue weighted by Crippen LogP contribution is 2.53. The van der Waals surface area contributed by atoms with Crippen molar-refractivity contribution in [1.29, 1.82) is 0 Å². The highest BCUT2D eigenvalue weighted by Gasteiger charge is 2.53. The van der Waals surface area contributed by atoms with Gasteiger partial charge in [0.15, 0.2) is 5.69 Å². The summed E-state index contributed by atoms with van der Waals surface area (Å²) in [5.74, 6) is -2.64. The number of carbonyl (C=O) groups excluding carboxylic acids is 3. The monoisotopic (exact) mass is 565 g/mol. The van der Waals surface area contributed by atoms with E-state index in [1.165, 1.54) is 36.7 Å². The zero-order valence-electron chi connectivity index (χ0n) is 23.4. The van der Waals surface area contributed by atoms with Crippen LogP contribution in [-0.2, 0) is 28.2 Å². The quantitative estimate of drug-likeness (QED) is 0.512. The first-order valence-corrected chi connectivity index (χ1v) is 13.3. The van der Waals surface area contributed by atoms with E-state index in [4.69, 9.17) is 4.74 Å². The number of nitrogens with one attached hydrogen (secondary N) is 2. The number of rotatable bonds is 6. The lowest BCUT2D eigenvalue weighted by molar-refractivity contribution is -0.145. The number of benzene rings is 1. The summed E-state index contributed by atoms with van der Waals surface area (Å²) >= 11 is 0. The van der Waals surface area contributed by atoms with Crippen LogP contribution in [0.15, 0.2) is 45.0 Å². The number of amides is 3. The van der Waals surface area contributed by atoms with E-state index in [-0.39, 0.29) is 36.2 Å². The van der Waals surface area contributed by atoms with Gasteiger partial charge < -0.3 is 20.3 Å². The van der Waals surface area contributed by atoms with Crippen molar-refractivity contribution in [1.82, 2.24) is 25.1 Å². The number of halogens is 1. The molecule has 1 saturated carbocycles. The van der Waals surface area contributed by atoms with E-state index in [0.29, 0.717) is 43.4 Å². The smallest absolute Gasteiger partial charge is 0.311 e. The fourth-order valence-electron chi connectivity index (χ4n) is 5.96. The van der Waals surface area contributed by atoms with Crippen LogP contribution in [0.25, 0.3) is 0 Å². The molecule has 2 N–H and O–H groups in total. The molecule has 3 aliphatic heterocycles. The Morgan fingerprint density at radius 1 is 1.17 bits per heavy atom. The van der Waals surface area contributed by atoms with Gasteiger partial charge in [-0.2, -0.15) is 10.2 Å². The summed E-state index contributed by atoms with van der Waals surface area (Å²) in [6.45, 7) is 2.33. The van der Waals surface area contributed by atoms with Crippen LogP contribution >= 0.6 is 0 Å². The van der Waals surface area contributed by atoms with Crippen molar-refractivity contribution >= 4 is 17.7 Å². The molecule has 1 aromatic carbocycles. The summed E-state index contributed by atoms with van der Waals surface area (Å²) in [5.41, 5.74) is -0.367. The van der Waals surface area contributed by atoms with E-state index in [0.717, 1.165) is 5.57 Å². The van der Waals surface area contributed by atoms with Gasteiger partial charge in [0.1, 0.15) is 11.6 Å². The Labute approximate surface area is 235 Å². The summed E-state index contributed by atoms with van der Waals surface area (Å²) in [6.07, 6.45) is 3.64. The molecule has 0 atom stereocenters. The fourth-order valence-corrected chi connectivity index (χ4v) is 5.96. The summed E-state index contributed by atoms with van der Waals surface area (Å²) in [4.78, 5) is 58.8. The number of likely N-dealkylation sites (N-methyl/N-ethyl adjacent to an activating group) is 1. The molecule has 12 nitrogen and oxygen atoms in total. The van der Waals surface area contributed by atoms with Gasteiger partial charge in [0.05, 0.1) is 25.4 Å². The van der Waals surface area contributed by atoms with E-state index in [1.54, 1.807) is 25.3 Å². The molecule has 216 valence electrons. The third-order valence-corrected chi connectivity index (χ3v) is 8.34. The van der Waals surface area contributed by atoms with Gasteiger partial charge in [0, 0.05) is 32.6 Å². The molecule has 13 heteroatoms. The summed E-state index contributed by atoms with van der Waals surface area (Å²) in [5, 5.41) is 13.8. The average Bonchev–Trinajstić information content (AvgIpc) is 3.42. The van der Waals surface area contributed by atoms with Crippen LogP contribution in [0, 0.1) is 18.2 Å². The van der Waals surface area contributed by atoms with Gasteiger partial charge in [-0.15, -0.1) is 0 Å². The molecule has 2 aromatic rings. The molecule has 1 aliphatic carbocycles. The van der Waals surface area contributed by atoms with Gasteiger partial charge in [-0.05, 0) is 55.4 Å². The molecule has 0 radical (unpaired) electrons. The summed E-state index contributed by atoms with van der Waals surface area (Å²) in [7, 11) is 4.24. The van der Waals surface area contributed by atoms with E-state index in [9.17, 15) is 23.6 Å². The molecule has 4 heterocycles. The molecule has 1 aromatic heterocycles. The van der Waals surface area contributed by atoms with E-state index in [2.05, 4.69) is 25.8 Å². The molecule has 0 unspecified atom stereocenters. The van der Waals surface area contributed by atoms with Crippen molar-refractivity contribution in [2.45, 2.75) is 51.2 Å². The maximum atomic E-state index is 13.9. The van der Waals surface area contributed by atoms with Gasteiger partial charge in [-0.3, -0.25) is 23.7 Å². The number of aromatic nitrogens is 2. The largest absolute Gasteiger partial charge is 0.489 e. The molecule has 0 spiro atoms. The predicted molar refractivity (Wildman–Crippen MR) is 145 cm³/mol. The average molecular weight is 566 g/mol. The Bertz CT molecular complexity index is 1550. The summed E-state index contributed by atoms with van der Waals surface area (Å²) < 4.78 is 20.6. The lowest BCUT2D eigenvalue weighted by atomic mass is 9.65. The Balaban J connectivity index is 1.58. The second kappa shape index (κ2) is 10.5. The van der Waals surface area contributed by atoms with Gasteiger partial charge in [-0.1, -0.05) is 12.1 Å². The number of nitrogens with zero attached hydrogens (tertiary/aromatic N) is 5. The van der Waals surface area contributed by atoms with Crippen molar-refractivity contribution in [2.75, 3.05) is 27.7 Å². The first-order chi connectivity index (χ1) is 19.5. The number of methoxy groups -OCH3 is 1. The van der Waals surface area contributed by atoms with Crippen LogP contribution in [-0.4, -0.2) is 59.9 Å². The first-order valence-electron chi connectivity index (χ1n) is 13.3. The Hall–Kier alpha value is -4.42. The van der Waals surface area contributed by atoms with Gasteiger partial charge in [0.25, 0.3) is 11.5 Å². The normalized spacial score (nSPS) is 22.4. The van der Waals surface area contributed by atoms with E-state index >= 15 is 0 Å². The van der Waals surface area contributed by atoms with Crippen LogP contribution in [0.3, 0.4) is 0 Å². The Morgan fingerprint density at radius 2 is 1.90 bits per heavy atom. The number of fused-ring (bicyclic) bond motifs is 2. The molecule has 1 fully saturated rings. The van der Waals surface area contributed by atoms with Crippen LogP contribution in [0.2, 0.25) is 0 Å². The van der Waals surface area contributed by atoms with Crippen molar-refractivity contribution in [3.8, 4) is 5.75 Å². The zero-order chi connectivity index (χ0) is 29.5. The van der Waals surface area contributed by atoms with Gasteiger partial charge >= 0.3 is 11.8 Å². The molecule has 0 saturated heterocycles. The second-order valence-corrected chi connectivity index (χ2v) is 11.1. The topological polar surface area (TPSA) is 147 Å². The molecular weight excluding hydrogens is 533 g/mol. The standard InChI is InChI=1S/C28H32FN7O5/c1-16-11-17(5-6-19(16)29)12-30-22(37)20-21(41-4)24(39)36-15-27(18-13-31-32-14-18)7-9-28(10-8-27,26(36)33-20)34-23(38)25(40)35(2)3/h5-6,11,13H,7-10,12,14-15H2,1-4H3,(H,30,37)(H,34,38). The predicted octanol–water partition coefficient (Wildman–Crippen LogP) is 1.95. The zero-order valence-corrected chi connectivity index (χ0v) is 23.4. The van der Waals surface area contributed by atoms with E-state index in [1.807, 2.05) is 0 Å². The minimum atomic E-state index is -1.18. The molecule has 41 heavy (non-hydrogen) atoms. The van der Waals surface area contributed by atoms with Crippen LogP contribution < -0.4 is 20.9 Å². The SMILES string of the molecule is COc1c(C(=O)NCc2ccc(F)c(C)c2)nc2n(c1=O)CC1(C3=CN=NC3)CCC2(NC(=O)C(=O)N(C)C)CC1. The Kier molecular flexibility index (Phi) is 7.22. The molecule has 6 rings (SSSR count). The van der Waals surface area contributed by atoms with E-state index < -0.39 is 34.2 Å². The minimum absolute atomic E-state index is 0.0622. The molecule has 3 amide bonds. The molecular formula is C28H32FN7O5. The van der Waals surface area contributed by atoms with Crippen LogP contribution in [0.5, 0.6) is 5.75 Å². The second-order valence-electron chi connectivity index (χ2n) is 11.1. The third kappa shape index (κ3) is 4.89. The van der Waals surface area contributed by atoms with Gasteiger partial charge in [-0.25, -0.2) is 9.37 Å². The van der Waals surface area contributed by atoms with Crippen LogP contribution in [0.1, 0.15) is 53.1 Å². The van der Waals surface area contributed by atoms with Crippen molar-refractivity contribution in [2.24, 2.45) is 15.6 Å². The number of hydrogen-bond donors (Lipinski definition) is 2. The fraction of sp³-hybridized carbons (Fsp3) is 0.464. The maximum absolute atomic E-state index is 13.9. The molecule has 4 aliphatic rings. The number of azo groups is 1. The van der Waals surface area contributed by atoms with Crippen molar-refractivity contribution in [3.05, 3.63) is 68.8 Å². The Morgan fingerprint density at radius 3 is 2.51 bits per heavy atom. The minimum Gasteiger partial charge on any atom is -0.489 e. The lowest BCUT2D eigenvalue weighted by Crippen LogP contribution is -2.54. The van der Waals surface area contributed by atoms with Crippen molar-refractivity contribution in [3.63, 3.8) is 0 Å². The number of carbonyl (C=O) groups is 3. The number of aryl methyl sites for hydroxylation is 1. The van der Waals surface area contributed by atoms with Crippen LogP contribution in [0.4, 0.5) is 4.39 Å². The third-order valence-electron chi connectivity index (χ3n) is 8.34.